The van der Waals surface area contributed by atoms with Gasteiger partial charge in [0.05, 0.1) is 6.54 Å². The first kappa shape index (κ1) is 21.3. The van der Waals surface area contributed by atoms with Crippen LogP contribution in [0.15, 0.2) is 59.7 Å². The van der Waals surface area contributed by atoms with E-state index in [-0.39, 0.29) is 6.61 Å². The first-order chi connectivity index (χ1) is 15.2. The Labute approximate surface area is 185 Å². The van der Waals surface area contributed by atoms with Gasteiger partial charge in [0.2, 0.25) is 0 Å². The van der Waals surface area contributed by atoms with E-state index in [0.29, 0.717) is 6.54 Å². The number of hydrogen-bond acceptors (Lipinski definition) is 5. The highest BCUT2D eigenvalue weighted by atomic mass is 16.2. The van der Waals surface area contributed by atoms with Crippen molar-refractivity contribution in [3.05, 3.63) is 71.4 Å². The summed E-state index contributed by atoms with van der Waals surface area (Å²) >= 11 is 0. The third kappa shape index (κ3) is 5.63. The zero-order chi connectivity index (χ0) is 21.5. The first-order valence-corrected chi connectivity index (χ1v) is 11.1. The Morgan fingerprint density at radius 2 is 1.87 bits per heavy atom. The highest BCUT2D eigenvalue weighted by molar-refractivity contribution is 5.93. The topological polar surface area (TPSA) is 51.1 Å². The second-order valence-corrected chi connectivity index (χ2v) is 8.24. The number of hydrogen-bond donors (Lipinski definition) is 2. The molecule has 0 saturated carbocycles. The van der Waals surface area contributed by atoms with Gasteiger partial charge in [-0.15, -0.1) is 0 Å². The third-order valence-corrected chi connectivity index (χ3v) is 5.90. The van der Waals surface area contributed by atoms with Gasteiger partial charge in [0.25, 0.3) is 0 Å². The molecule has 2 aliphatic heterocycles. The van der Waals surface area contributed by atoms with Gasteiger partial charge < -0.3 is 20.2 Å². The third-order valence-electron chi connectivity index (χ3n) is 5.90. The molecule has 5 nitrogen and oxygen atoms in total. The molecule has 0 atom stereocenters. The van der Waals surface area contributed by atoms with Gasteiger partial charge in [0, 0.05) is 56.6 Å². The second-order valence-electron chi connectivity index (χ2n) is 8.24. The smallest absolute Gasteiger partial charge is 0.0660 e. The Morgan fingerprint density at radius 1 is 1.06 bits per heavy atom. The van der Waals surface area contributed by atoms with E-state index < -0.39 is 0 Å². The molecule has 0 aliphatic carbocycles. The molecular formula is C26H32N4O. The number of rotatable bonds is 7. The first-order valence-electron chi connectivity index (χ1n) is 11.1. The van der Waals surface area contributed by atoms with Crippen LogP contribution >= 0.6 is 0 Å². The maximum Gasteiger partial charge on any atom is 0.0660 e. The zero-order valence-electron chi connectivity index (χ0n) is 18.3. The normalized spacial score (nSPS) is 18.0. The lowest BCUT2D eigenvalue weighted by atomic mass is 9.96. The van der Waals surface area contributed by atoms with Crippen LogP contribution in [0.3, 0.4) is 0 Å². The average Bonchev–Trinajstić information content (AvgIpc) is 2.81. The summed E-state index contributed by atoms with van der Waals surface area (Å²) in [6.07, 6.45) is 9.98. The fourth-order valence-electron chi connectivity index (χ4n) is 3.95. The van der Waals surface area contributed by atoms with Crippen molar-refractivity contribution in [2.24, 2.45) is 4.99 Å². The van der Waals surface area contributed by atoms with Crippen LogP contribution in [0.4, 0.5) is 11.4 Å². The molecule has 0 bridgehead atoms. The molecule has 0 aromatic heterocycles. The van der Waals surface area contributed by atoms with Crippen LogP contribution in [0.25, 0.3) is 11.6 Å². The molecule has 0 unspecified atom stereocenters. The van der Waals surface area contributed by atoms with Crippen LogP contribution in [0.1, 0.15) is 29.5 Å². The van der Waals surface area contributed by atoms with E-state index in [9.17, 15) is 0 Å². The minimum atomic E-state index is 0.236. The van der Waals surface area contributed by atoms with Gasteiger partial charge in [-0.25, -0.2) is 0 Å². The van der Waals surface area contributed by atoms with E-state index in [2.05, 4.69) is 88.0 Å². The maximum absolute atomic E-state index is 8.93. The van der Waals surface area contributed by atoms with Gasteiger partial charge in [-0.2, -0.15) is 0 Å². The minimum Gasteiger partial charge on any atom is -0.396 e. The van der Waals surface area contributed by atoms with E-state index in [4.69, 9.17) is 5.11 Å². The molecule has 0 radical (unpaired) electrons. The largest absolute Gasteiger partial charge is 0.396 e. The van der Waals surface area contributed by atoms with Crippen molar-refractivity contribution >= 4 is 29.2 Å². The lowest BCUT2D eigenvalue weighted by Crippen LogP contribution is -2.44. The second kappa shape index (κ2) is 10.4. The molecular weight excluding hydrogens is 384 g/mol. The van der Waals surface area contributed by atoms with Crippen molar-refractivity contribution < 1.29 is 5.11 Å². The number of anilines is 2. The van der Waals surface area contributed by atoms with Crippen molar-refractivity contribution in [1.82, 2.24) is 4.90 Å². The SMILES string of the molecule is CN1CCN(c2ccc(NC=C3CN=Cc4ccc(C=CCCCO)cc43)cc2)CC1. The number of likely N-dealkylation sites (N-methyl/N-ethyl adjacent to an activating group) is 1. The van der Waals surface area contributed by atoms with E-state index in [1.807, 2.05) is 6.21 Å². The molecule has 0 amide bonds. The quantitative estimate of drug-likeness (QED) is 0.667. The Kier molecular flexibility index (Phi) is 7.18. The van der Waals surface area contributed by atoms with Crippen LogP contribution in [0, 0.1) is 0 Å². The Hall–Kier alpha value is -2.89. The highest BCUT2D eigenvalue weighted by Crippen LogP contribution is 2.25. The van der Waals surface area contributed by atoms with Crippen molar-refractivity contribution in [2.75, 3.05) is 56.6 Å². The van der Waals surface area contributed by atoms with E-state index >= 15 is 0 Å². The molecule has 1 saturated heterocycles. The van der Waals surface area contributed by atoms with Gasteiger partial charge in [-0.05, 0) is 72.5 Å². The van der Waals surface area contributed by atoms with Crippen molar-refractivity contribution in [1.29, 1.82) is 0 Å². The van der Waals surface area contributed by atoms with Crippen LogP contribution in [0.5, 0.6) is 0 Å². The van der Waals surface area contributed by atoms with Crippen LogP contribution < -0.4 is 10.2 Å². The predicted octanol–water partition coefficient (Wildman–Crippen LogP) is 4.11. The molecule has 2 heterocycles. The summed E-state index contributed by atoms with van der Waals surface area (Å²) in [5.74, 6) is 0. The number of benzene rings is 2. The number of unbranched alkanes of at least 4 members (excludes halogenated alkanes) is 1. The molecule has 2 aromatic carbocycles. The number of nitrogens with zero attached hydrogens (tertiary/aromatic N) is 3. The molecule has 5 heteroatoms. The van der Waals surface area contributed by atoms with Crippen LogP contribution in [-0.4, -0.2) is 62.6 Å². The van der Waals surface area contributed by atoms with E-state index in [1.165, 1.54) is 22.4 Å². The lowest BCUT2D eigenvalue weighted by Gasteiger charge is -2.34. The number of aliphatic imine (C=N–C) groups is 1. The van der Waals surface area contributed by atoms with Gasteiger partial charge in [0.1, 0.15) is 0 Å². The standard InChI is InChI=1S/C26H32N4O/c1-29-12-14-30(15-13-29)25-10-8-24(9-11-25)28-20-23-19-27-18-22-7-6-21(17-26(22)23)5-3-2-4-16-31/h3,5-11,17-18,20,28,31H,2,4,12-16,19H2,1H3. The van der Waals surface area contributed by atoms with Crippen molar-refractivity contribution in [3.63, 3.8) is 0 Å². The number of allylic oxidation sites excluding steroid dienone is 1. The highest BCUT2D eigenvalue weighted by Gasteiger charge is 2.14. The number of nitrogens with one attached hydrogen (secondary N) is 1. The number of fused-ring (bicyclic) bond motifs is 1. The van der Waals surface area contributed by atoms with Gasteiger partial charge in [-0.3, -0.25) is 4.99 Å². The zero-order valence-corrected chi connectivity index (χ0v) is 18.3. The molecule has 162 valence electrons. The van der Waals surface area contributed by atoms with Crippen molar-refractivity contribution in [3.8, 4) is 0 Å². The monoisotopic (exact) mass is 416 g/mol. The van der Waals surface area contributed by atoms with Gasteiger partial charge >= 0.3 is 0 Å². The fourth-order valence-corrected chi connectivity index (χ4v) is 3.95. The van der Waals surface area contributed by atoms with Crippen LogP contribution in [-0.2, 0) is 0 Å². The lowest BCUT2D eigenvalue weighted by molar-refractivity contribution is 0.290. The summed E-state index contributed by atoms with van der Waals surface area (Å²) in [4.78, 5) is 9.34. The molecule has 4 rings (SSSR count). The molecule has 2 aliphatic rings. The summed E-state index contributed by atoms with van der Waals surface area (Å²) in [7, 11) is 2.18. The van der Waals surface area contributed by atoms with Gasteiger partial charge in [-0.1, -0.05) is 24.3 Å². The molecule has 0 spiro atoms. The average molecular weight is 417 g/mol. The Morgan fingerprint density at radius 3 is 2.65 bits per heavy atom. The summed E-state index contributed by atoms with van der Waals surface area (Å²) in [5.41, 5.74) is 7.11. The van der Waals surface area contributed by atoms with E-state index in [0.717, 1.165) is 50.3 Å². The molecule has 2 aromatic rings. The summed E-state index contributed by atoms with van der Waals surface area (Å²) in [6, 6.07) is 15.2. The maximum atomic E-state index is 8.93. The molecule has 31 heavy (non-hydrogen) atoms. The number of aliphatic hydroxyl groups is 1. The number of piperazine rings is 1. The fraction of sp³-hybridized carbons (Fsp3) is 0.346. The number of aliphatic hydroxyl groups excluding tert-OH is 1. The summed E-state index contributed by atoms with van der Waals surface area (Å²) in [6.45, 7) is 5.31. The minimum absolute atomic E-state index is 0.236. The Bertz CT molecular complexity index is 954. The molecule has 2 N–H and O–H groups in total. The van der Waals surface area contributed by atoms with Crippen LogP contribution in [0.2, 0.25) is 0 Å². The summed E-state index contributed by atoms with van der Waals surface area (Å²) in [5, 5.41) is 12.4. The predicted molar refractivity (Wildman–Crippen MR) is 132 cm³/mol. The molecule has 1 fully saturated rings. The van der Waals surface area contributed by atoms with E-state index in [1.54, 1.807) is 0 Å². The van der Waals surface area contributed by atoms with Gasteiger partial charge in [0.15, 0.2) is 0 Å². The summed E-state index contributed by atoms with van der Waals surface area (Å²) < 4.78 is 0. The van der Waals surface area contributed by atoms with Crippen molar-refractivity contribution in [2.45, 2.75) is 12.8 Å². The Balaban J connectivity index is 1.44.